The molecule has 118 valence electrons. The summed E-state index contributed by atoms with van der Waals surface area (Å²) in [6, 6.07) is 15.6. The van der Waals surface area contributed by atoms with Crippen molar-refractivity contribution in [1.29, 1.82) is 0 Å². The fraction of sp³-hybridized carbons (Fsp3) is 0.167. The Bertz CT molecular complexity index is 845. The normalized spacial score (nSPS) is 10.7. The van der Waals surface area contributed by atoms with Crippen molar-refractivity contribution in [3.63, 3.8) is 0 Å². The highest BCUT2D eigenvalue weighted by atomic mass is 35.5. The number of hydrogen-bond acceptors (Lipinski definition) is 3. The van der Waals surface area contributed by atoms with Gasteiger partial charge in [0.1, 0.15) is 10.6 Å². The molecule has 0 bridgehead atoms. The lowest BCUT2D eigenvalue weighted by atomic mass is 10.2. The third-order valence-corrected chi connectivity index (χ3v) is 5.30. The Morgan fingerprint density at radius 1 is 1.22 bits per heavy atom. The molecule has 3 aromatic rings. The number of rotatable bonds is 4. The van der Waals surface area contributed by atoms with E-state index < -0.39 is 0 Å². The van der Waals surface area contributed by atoms with Crippen LogP contribution in [-0.4, -0.2) is 25.0 Å². The first-order chi connectivity index (χ1) is 11.1. The number of hydrogen-bond donors (Lipinski definition) is 0. The van der Waals surface area contributed by atoms with Crippen molar-refractivity contribution >= 4 is 38.9 Å². The highest BCUT2D eigenvalue weighted by molar-refractivity contribution is 7.21. The fourth-order valence-corrected chi connectivity index (χ4v) is 3.89. The second-order valence-electron chi connectivity index (χ2n) is 5.25. The van der Waals surface area contributed by atoms with Crippen LogP contribution in [-0.2, 0) is 6.54 Å². The zero-order valence-electron chi connectivity index (χ0n) is 12.9. The maximum absolute atomic E-state index is 12.7. The molecule has 0 aliphatic rings. The molecule has 5 heteroatoms. The van der Waals surface area contributed by atoms with Gasteiger partial charge in [0.25, 0.3) is 5.91 Å². The number of ether oxygens (including phenoxy) is 1. The highest BCUT2D eigenvalue weighted by Crippen LogP contribution is 2.37. The number of fused-ring (bicyclic) bond motifs is 1. The molecule has 1 amide bonds. The van der Waals surface area contributed by atoms with Gasteiger partial charge in [-0.05, 0) is 23.8 Å². The third-order valence-electron chi connectivity index (χ3n) is 3.64. The quantitative estimate of drug-likeness (QED) is 0.677. The van der Waals surface area contributed by atoms with Gasteiger partial charge in [0.15, 0.2) is 0 Å². The SMILES string of the molecule is COc1ccc2sc(C(=O)N(C)Cc3ccccc3)c(Cl)c2c1. The van der Waals surface area contributed by atoms with Gasteiger partial charge in [0.2, 0.25) is 0 Å². The molecule has 0 N–H and O–H groups in total. The van der Waals surface area contributed by atoms with Crippen molar-refractivity contribution in [2.75, 3.05) is 14.2 Å². The van der Waals surface area contributed by atoms with E-state index in [9.17, 15) is 4.79 Å². The summed E-state index contributed by atoms with van der Waals surface area (Å²) in [7, 11) is 3.40. The highest BCUT2D eigenvalue weighted by Gasteiger charge is 2.20. The maximum Gasteiger partial charge on any atom is 0.265 e. The topological polar surface area (TPSA) is 29.5 Å². The van der Waals surface area contributed by atoms with Crippen LogP contribution in [0.3, 0.4) is 0 Å². The van der Waals surface area contributed by atoms with Gasteiger partial charge in [0.05, 0.1) is 12.1 Å². The zero-order chi connectivity index (χ0) is 16.4. The van der Waals surface area contributed by atoms with Crippen LogP contribution in [0.15, 0.2) is 48.5 Å². The minimum atomic E-state index is -0.0704. The smallest absolute Gasteiger partial charge is 0.265 e. The van der Waals surface area contributed by atoms with Crippen molar-refractivity contribution in [3.05, 3.63) is 64.0 Å². The lowest BCUT2D eigenvalue weighted by Crippen LogP contribution is -2.25. The minimum Gasteiger partial charge on any atom is -0.497 e. The molecule has 0 saturated heterocycles. The molecule has 0 aliphatic carbocycles. The molecule has 1 heterocycles. The second-order valence-corrected chi connectivity index (χ2v) is 6.68. The first-order valence-corrected chi connectivity index (χ1v) is 8.35. The molecule has 0 fully saturated rings. The van der Waals surface area contributed by atoms with Crippen LogP contribution in [0.4, 0.5) is 0 Å². The van der Waals surface area contributed by atoms with E-state index in [0.29, 0.717) is 16.4 Å². The van der Waals surface area contributed by atoms with Gasteiger partial charge in [-0.2, -0.15) is 0 Å². The van der Waals surface area contributed by atoms with E-state index in [1.807, 2.05) is 48.5 Å². The van der Waals surface area contributed by atoms with Gasteiger partial charge in [-0.3, -0.25) is 4.79 Å². The van der Waals surface area contributed by atoms with E-state index >= 15 is 0 Å². The van der Waals surface area contributed by atoms with Crippen LogP contribution in [0.1, 0.15) is 15.2 Å². The molecule has 1 aromatic heterocycles. The Labute approximate surface area is 144 Å². The van der Waals surface area contributed by atoms with Gasteiger partial charge in [-0.25, -0.2) is 0 Å². The molecule has 0 aliphatic heterocycles. The molecule has 0 radical (unpaired) electrons. The number of amides is 1. The Kier molecular flexibility index (Phi) is 4.55. The lowest BCUT2D eigenvalue weighted by Gasteiger charge is -2.16. The number of benzene rings is 2. The van der Waals surface area contributed by atoms with Gasteiger partial charge in [-0.15, -0.1) is 11.3 Å². The van der Waals surface area contributed by atoms with Crippen LogP contribution >= 0.6 is 22.9 Å². The molecule has 3 nitrogen and oxygen atoms in total. The average molecular weight is 346 g/mol. The van der Waals surface area contributed by atoms with Crippen molar-refractivity contribution in [3.8, 4) is 5.75 Å². The number of carbonyl (C=O) groups is 1. The molecule has 0 spiro atoms. The van der Waals surface area contributed by atoms with Gasteiger partial charge < -0.3 is 9.64 Å². The standard InChI is InChI=1S/C18H16ClNO2S/c1-20(11-12-6-4-3-5-7-12)18(21)17-16(19)14-10-13(22-2)8-9-15(14)23-17/h3-10H,11H2,1-2H3. The summed E-state index contributed by atoms with van der Waals surface area (Å²) in [5.41, 5.74) is 1.09. The summed E-state index contributed by atoms with van der Waals surface area (Å²) in [4.78, 5) is 15.0. The summed E-state index contributed by atoms with van der Waals surface area (Å²) in [6.07, 6.45) is 0. The summed E-state index contributed by atoms with van der Waals surface area (Å²) in [5, 5.41) is 1.35. The Balaban J connectivity index is 1.90. The predicted octanol–water partition coefficient (Wildman–Crippen LogP) is 4.84. The zero-order valence-corrected chi connectivity index (χ0v) is 14.4. The Hall–Kier alpha value is -2.04. The van der Waals surface area contributed by atoms with E-state index in [1.54, 1.807) is 19.1 Å². The van der Waals surface area contributed by atoms with Gasteiger partial charge in [-0.1, -0.05) is 41.9 Å². The Morgan fingerprint density at radius 2 is 1.96 bits per heavy atom. The number of halogens is 1. The summed E-state index contributed by atoms with van der Waals surface area (Å²) in [5.74, 6) is 0.660. The van der Waals surface area contributed by atoms with E-state index in [-0.39, 0.29) is 5.91 Å². The van der Waals surface area contributed by atoms with E-state index in [0.717, 1.165) is 21.4 Å². The van der Waals surface area contributed by atoms with Crippen molar-refractivity contribution in [2.45, 2.75) is 6.54 Å². The lowest BCUT2D eigenvalue weighted by molar-refractivity contribution is 0.0790. The first-order valence-electron chi connectivity index (χ1n) is 7.15. The number of thiophene rings is 1. The fourth-order valence-electron chi connectivity index (χ4n) is 2.41. The summed E-state index contributed by atoms with van der Waals surface area (Å²) >= 11 is 7.85. The largest absolute Gasteiger partial charge is 0.497 e. The van der Waals surface area contributed by atoms with Crippen LogP contribution < -0.4 is 4.74 Å². The molecular formula is C18H16ClNO2S. The average Bonchev–Trinajstić information content (AvgIpc) is 2.91. The number of carbonyl (C=O) groups excluding carboxylic acids is 1. The molecule has 0 unspecified atom stereocenters. The first kappa shape index (κ1) is 15.8. The monoisotopic (exact) mass is 345 g/mol. The molecule has 0 saturated carbocycles. The van der Waals surface area contributed by atoms with Crippen molar-refractivity contribution in [2.24, 2.45) is 0 Å². The minimum absolute atomic E-state index is 0.0704. The molecule has 23 heavy (non-hydrogen) atoms. The van der Waals surface area contributed by atoms with Crippen LogP contribution in [0.25, 0.3) is 10.1 Å². The molecule has 0 atom stereocenters. The van der Waals surface area contributed by atoms with Gasteiger partial charge >= 0.3 is 0 Å². The summed E-state index contributed by atoms with van der Waals surface area (Å²) < 4.78 is 6.20. The molecule has 2 aromatic carbocycles. The Morgan fingerprint density at radius 3 is 2.65 bits per heavy atom. The van der Waals surface area contributed by atoms with E-state index in [1.165, 1.54) is 11.3 Å². The molecule has 3 rings (SSSR count). The van der Waals surface area contributed by atoms with Crippen molar-refractivity contribution < 1.29 is 9.53 Å². The number of methoxy groups -OCH3 is 1. The third kappa shape index (κ3) is 3.19. The van der Waals surface area contributed by atoms with E-state index in [2.05, 4.69) is 0 Å². The summed E-state index contributed by atoms with van der Waals surface area (Å²) in [6.45, 7) is 0.549. The maximum atomic E-state index is 12.7. The second kappa shape index (κ2) is 6.60. The van der Waals surface area contributed by atoms with Crippen LogP contribution in [0, 0.1) is 0 Å². The van der Waals surface area contributed by atoms with Crippen LogP contribution in [0.2, 0.25) is 5.02 Å². The number of nitrogens with zero attached hydrogens (tertiary/aromatic N) is 1. The van der Waals surface area contributed by atoms with E-state index in [4.69, 9.17) is 16.3 Å². The van der Waals surface area contributed by atoms with Crippen molar-refractivity contribution in [1.82, 2.24) is 4.90 Å². The van der Waals surface area contributed by atoms with Crippen LogP contribution in [0.5, 0.6) is 5.75 Å². The van der Waals surface area contributed by atoms with Gasteiger partial charge in [0, 0.05) is 23.7 Å². The predicted molar refractivity (Wildman–Crippen MR) is 95.6 cm³/mol. The molecular weight excluding hydrogens is 330 g/mol.